The molecule has 2 atom stereocenters. The molecule has 1 aromatic heterocycles. The number of pyridine rings is 1. The van der Waals surface area contributed by atoms with Crippen LogP contribution in [0.15, 0.2) is 16.9 Å². The van der Waals surface area contributed by atoms with Crippen LogP contribution in [0.3, 0.4) is 0 Å². The van der Waals surface area contributed by atoms with E-state index < -0.39 is 0 Å². The van der Waals surface area contributed by atoms with Crippen LogP contribution < -0.4 is 10.6 Å². The lowest BCUT2D eigenvalue weighted by molar-refractivity contribution is -0.384. The third-order valence-corrected chi connectivity index (χ3v) is 4.15. The summed E-state index contributed by atoms with van der Waals surface area (Å²) < 4.78 is 0.659. The lowest BCUT2D eigenvalue weighted by Crippen LogP contribution is -2.42. The lowest BCUT2D eigenvalue weighted by Gasteiger charge is -2.36. The minimum atomic E-state index is -0.386. The van der Waals surface area contributed by atoms with Crippen molar-refractivity contribution in [1.82, 2.24) is 4.98 Å². The van der Waals surface area contributed by atoms with Gasteiger partial charge in [0.15, 0.2) is 0 Å². The molecule has 1 aliphatic rings. The first-order chi connectivity index (χ1) is 9.00. The van der Waals surface area contributed by atoms with Gasteiger partial charge in [-0.25, -0.2) is 0 Å². The van der Waals surface area contributed by atoms with Crippen LogP contribution in [0, 0.1) is 16.0 Å². The Morgan fingerprint density at radius 2 is 2.37 bits per heavy atom. The van der Waals surface area contributed by atoms with E-state index in [0.717, 1.165) is 25.9 Å². The molecule has 0 aromatic carbocycles. The predicted octanol–water partition coefficient (Wildman–Crippen LogP) is 2.32. The van der Waals surface area contributed by atoms with Crippen LogP contribution >= 0.6 is 15.9 Å². The molecule has 0 amide bonds. The number of aromatic nitrogens is 1. The van der Waals surface area contributed by atoms with Gasteiger partial charge >= 0.3 is 5.69 Å². The van der Waals surface area contributed by atoms with Crippen LogP contribution in [0.1, 0.15) is 19.8 Å². The summed E-state index contributed by atoms with van der Waals surface area (Å²) in [4.78, 5) is 16.7. The van der Waals surface area contributed by atoms with Crippen molar-refractivity contribution in [3.63, 3.8) is 0 Å². The fourth-order valence-electron chi connectivity index (χ4n) is 2.51. The van der Waals surface area contributed by atoms with Crippen molar-refractivity contribution in [3.05, 3.63) is 27.0 Å². The third kappa shape index (κ3) is 3.03. The largest absolute Gasteiger partial charge is 0.365 e. The molecule has 1 fully saturated rings. The molecular weight excluding hydrogens is 312 g/mol. The van der Waals surface area contributed by atoms with Gasteiger partial charge in [-0.3, -0.25) is 15.1 Å². The first-order valence-corrected chi connectivity index (χ1v) is 7.08. The van der Waals surface area contributed by atoms with Gasteiger partial charge in [-0.2, -0.15) is 0 Å². The monoisotopic (exact) mass is 328 g/mol. The summed E-state index contributed by atoms with van der Waals surface area (Å²) in [6.07, 6.45) is 4.97. The molecular formula is C12H17BrN4O2. The molecule has 2 unspecified atom stereocenters. The van der Waals surface area contributed by atoms with Gasteiger partial charge in [-0.1, -0.05) is 0 Å². The maximum absolute atomic E-state index is 11.1. The Kier molecular flexibility index (Phi) is 4.36. The maximum atomic E-state index is 11.1. The average molecular weight is 329 g/mol. The molecule has 0 radical (unpaired) electrons. The number of rotatable bonds is 3. The molecule has 104 valence electrons. The summed E-state index contributed by atoms with van der Waals surface area (Å²) in [6, 6.07) is 0.0995. The van der Waals surface area contributed by atoms with E-state index in [1.54, 1.807) is 6.20 Å². The molecule has 1 saturated heterocycles. The van der Waals surface area contributed by atoms with Crippen LogP contribution in [0.25, 0.3) is 0 Å². The molecule has 0 aliphatic carbocycles. The van der Waals surface area contributed by atoms with Crippen molar-refractivity contribution in [2.45, 2.75) is 25.8 Å². The molecule has 0 spiro atoms. The maximum Gasteiger partial charge on any atom is 0.311 e. The Labute approximate surface area is 120 Å². The van der Waals surface area contributed by atoms with Gasteiger partial charge in [-0.05, 0) is 41.6 Å². The van der Waals surface area contributed by atoms with Crippen LogP contribution in [0.2, 0.25) is 0 Å². The van der Waals surface area contributed by atoms with Crippen LogP contribution in [0.5, 0.6) is 0 Å². The summed E-state index contributed by atoms with van der Waals surface area (Å²) in [5.74, 6) is 0.369. The summed E-state index contributed by atoms with van der Waals surface area (Å²) in [7, 11) is 0. The number of hydrogen-bond acceptors (Lipinski definition) is 5. The van der Waals surface area contributed by atoms with E-state index in [1.165, 1.54) is 6.20 Å². The molecule has 6 nitrogen and oxygen atoms in total. The smallest absolute Gasteiger partial charge is 0.311 e. The Morgan fingerprint density at radius 3 is 3.00 bits per heavy atom. The standard InChI is InChI=1S/C12H17BrN4O2/c1-8(14)9-3-2-4-16(7-9)12-10(13)5-15-6-11(12)17(18)19/h5-6,8-9H,2-4,7,14H2,1H3. The number of nitrogens with zero attached hydrogens (tertiary/aromatic N) is 3. The molecule has 2 N–H and O–H groups in total. The van der Waals surface area contributed by atoms with Crippen molar-refractivity contribution in [2.24, 2.45) is 11.7 Å². The van der Waals surface area contributed by atoms with Crippen molar-refractivity contribution >= 4 is 27.3 Å². The van der Waals surface area contributed by atoms with Gasteiger partial charge in [0.05, 0.1) is 9.40 Å². The molecule has 0 bridgehead atoms. The van der Waals surface area contributed by atoms with Gasteiger partial charge in [0, 0.05) is 25.3 Å². The minimum absolute atomic E-state index is 0.0414. The lowest BCUT2D eigenvalue weighted by atomic mass is 9.92. The first-order valence-electron chi connectivity index (χ1n) is 6.29. The Bertz CT molecular complexity index is 481. The number of nitro groups is 1. The van der Waals surface area contributed by atoms with Crippen LogP contribution in [-0.2, 0) is 0 Å². The zero-order valence-corrected chi connectivity index (χ0v) is 12.3. The van der Waals surface area contributed by atoms with Crippen molar-refractivity contribution in [3.8, 4) is 0 Å². The van der Waals surface area contributed by atoms with E-state index in [0.29, 0.717) is 16.1 Å². The van der Waals surface area contributed by atoms with Gasteiger partial charge < -0.3 is 10.6 Å². The normalized spacial score (nSPS) is 21.2. The Hall–Kier alpha value is -1.21. The summed E-state index contributed by atoms with van der Waals surface area (Å²) in [5.41, 5.74) is 6.62. The highest BCUT2D eigenvalue weighted by atomic mass is 79.9. The van der Waals surface area contributed by atoms with Gasteiger partial charge in [0.1, 0.15) is 11.9 Å². The van der Waals surface area contributed by atoms with Crippen molar-refractivity contribution < 1.29 is 4.92 Å². The second-order valence-corrected chi connectivity index (χ2v) is 5.81. The topological polar surface area (TPSA) is 85.3 Å². The highest BCUT2D eigenvalue weighted by Crippen LogP contribution is 2.37. The first kappa shape index (κ1) is 14.2. The fraction of sp³-hybridized carbons (Fsp3) is 0.583. The zero-order valence-electron chi connectivity index (χ0n) is 10.8. The predicted molar refractivity (Wildman–Crippen MR) is 77.2 cm³/mol. The molecule has 2 rings (SSSR count). The van der Waals surface area contributed by atoms with E-state index in [9.17, 15) is 10.1 Å². The number of halogens is 1. The van der Waals surface area contributed by atoms with E-state index in [4.69, 9.17) is 5.73 Å². The quantitative estimate of drug-likeness (QED) is 0.679. The highest BCUT2D eigenvalue weighted by molar-refractivity contribution is 9.10. The molecule has 0 saturated carbocycles. The second kappa shape index (κ2) is 5.83. The molecule has 7 heteroatoms. The average Bonchev–Trinajstić information content (AvgIpc) is 2.38. The molecule has 19 heavy (non-hydrogen) atoms. The number of piperidine rings is 1. The highest BCUT2D eigenvalue weighted by Gasteiger charge is 2.29. The van der Waals surface area contributed by atoms with Gasteiger partial charge in [-0.15, -0.1) is 0 Å². The molecule has 1 aromatic rings. The number of hydrogen-bond donors (Lipinski definition) is 1. The van der Waals surface area contributed by atoms with E-state index >= 15 is 0 Å². The van der Waals surface area contributed by atoms with E-state index in [1.807, 2.05) is 11.8 Å². The fourth-order valence-corrected chi connectivity index (χ4v) is 3.08. The van der Waals surface area contributed by atoms with Crippen LogP contribution in [-0.4, -0.2) is 29.0 Å². The Balaban J connectivity index is 2.33. The second-order valence-electron chi connectivity index (χ2n) is 4.95. The van der Waals surface area contributed by atoms with Crippen LogP contribution in [0.4, 0.5) is 11.4 Å². The zero-order chi connectivity index (χ0) is 14.0. The summed E-state index contributed by atoms with van der Waals surface area (Å²) in [5, 5.41) is 11.1. The third-order valence-electron chi connectivity index (χ3n) is 3.57. The Morgan fingerprint density at radius 1 is 1.63 bits per heavy atom. The van der Waals surface area contributed by atoms with Crippen molar-refractivity contribution in [2.75, 3.05) is 18.0 Å². The minimum Gasteiger partial charge on any atom is -0.365 e. The number of anilines is 1. The van der Waals surface area contributed by atoms with Gasteiger partial charge in [0.25, 0.3) is 0 Å². The molecule has 2 heterocycles. The summed E-state index contributed by atoms with van der Waals surface area (Å²) >= 11 is 3.37. The van der Waals surface area contributed by atoms with Gasteiger partial charge in [0.2, 0.25) is 0 Å². The van der Waals surface area contributed by atoms with E-state index in [-0.39, 0.29) is 16.7 Å². The summed E-state index contributed by atoms with van der Waals surface area (Å²) in [6.45, 7) is 3.55. The SMILES string of the molecule is CC(N)C1CCCN(c2c(Br)cncc2[N+](=O)[O-])C1. The molecule has 1 aliphatic heterocycles. The number of nitrogens with two attached hydrogens (primary N) is 1. The van der Waals surface area contributed by atoms with Crippen molar-refractivity contribution in [1.29, 1.82) is 0 Å². The van der Waals surface area contributed by atoms with E-state index in [2.05, 4.69) is 20.9 Å².